The van der Waals surface area contributed by atoms with Gasteiger partial charge in [0.05, 0.1) is 12.2 Å². The number of aryl methyl sites for hydroxylation is 1. The Kier molecular flexibility index (Phi) is 4.54. The molecule has 1 aromatic heterocycles. The molecular formula is C18H20O3S2. The van der Waals surface area contributed by atoms with Crippen LogP contribution in [0.25, 0.3) is 10.4 Å². The molecule has 23 heavy (non-hydrogen) atoms. The number of carboxylic acids is 1. The van der Waals surface area contributed by atoms with E-state index in [1.807, 2.05) is 24.3 Å². The average Bonchev–Trinajstić information content (AvgIpc) is 2.85. The Morgan fingerprint density at radius 2 is 2.13 bits per heavy atom. The zero-order chi connectivity index (χ0) is 16.6. The van der Waals surface area contributed by atoms with Gasteiger partial charge in [-0.15, -0.1) is 11.3 Å². The number of thiophene rings is 1. The normalized spacial score (nSPS) is 16.1. The number of carboxylic acid groups (broad SMARTS) is 1. The topological polar surface area (TPSA) is 46.5 Å². The van der Waals surface area contributed by atoms with E-state index in [0.29, 0.717) is 12.2 Å². The molecule has 0 fully saturated rings. The molecule has 122 valence electrons. The highest BCUT2D eigenvalue weighted by atomic mass is 32.1. The number of aromatic carboxylic acids is 1. The molecule has 0 unspecified atom stereocenters. The fourth-order valence-corrected chi connectivity index (χ4v) is 4.78. The summed E-state index contributed by atoms with van der Waals surface area (Å²) in [5, 5.41) is 9.82. The first-order valence-electron chi connectivity index (χ1n) is 7.65. The second-order valence-electron chi connectivity index (χ2n) is 6.78. The van der Waals surface area contributed by atoms with Crippen molar-refractivity contribution in [2.45, 2.75) is 39.7 Å². The summed E-state index contributed by atoms with van der Waals surface area (Å²) in [5.41, 5.74) is 3.56. The van der Waals surface area contributed by atoms with Gasteiger partial charge in [0, 0.05) is 9.75 Å². The Labute approximate surface area is 145 Å². The minimum atomic E-state index is -0.836. The van der Waals surface area contributed by atoms with E-state index >= 15 is 0 Å². The van der Waals surface area contributed by atoms with Crippen LogP contribution in [-0.2, 0) is 23.6 Å². The monoisotopic (exact) mass is 348 g/mol. The van der Waals surface area contributed by atoms with Gasteiger partial charge in [-0.05, 0) is 54.3 Å². The first kappa shape index (κ1) is 16.6. The summed E-state index contributed by atoms with van der Waals surface area (Å²) in [6.45, 7) is 4.77. The maximum atomic E-state index is 12.0. The molecule has 3 rings (SSSR count). The summed E-state index contributed by atoms with van der Waals surface area (Å²) in [7, 11) is 0. The second kappa shape index (κ2) is 6.30. The van der Waals surface area contributed by atoms with E-state index in [4.69, 9.17) is 4.18 Å². The Morgan fingerprint density at radius 3 is 2.83 bits per heavy atom. The molecule has 1 N–H and O–H groups in total. The van der Waals surface area contributed by atoms with Gasteiger partial charge in [-0.3, -0.25) is 0 Å². The summed E-state index contributed by atoms with van der Waals surface area (Å²) in [6.07, 6.45) is 2.88. The van der Waals surface area contributed by atoms with Crippen molar-refractivity contribution in [1.82, 2.24) is 0 Å². The predicted molar refractivity (Wildman–Crippen MR) is 96.3 cm³/mol. The molecule has 0 radical (unpaired) electrons. The van der Waals surface area contributed by atoms with Crippen LogP contribution in [0, 0.1) is 5.41 Å². The highest BCUT2D eigenvalue weighted by molar-refractivity contribution is 7.75. The highest BCUT2D eigenvalue weighted by Crippen LogP contribution is 2.45. The van der Waals surface area contributed by atoms with Gasteiger partial charge in [-0.1, -0.05) is 38.1 Å². The summed E-state index contributed by atoms with van der Waals surface area (Å²) in [6, 6.07) is 7.80. The quantitative estimate of drug-likeness (QED) is 0.604. The van der Waals surface area contributed by atoms with Crippen LogP contribution in [0.15, 0.2) is 24.3 Å². The number of thiol groups is 1. The lowest BCUT2D eigenvalue weighted by Crippen LogP contribution is -2.22. The number of carbonyl (C=O) groups is 1. The average molecular weight is 348 g/mol. The summed E-state index contributed by atoms with van der Waals surface area (Å²) in [4.78, 5) is 14.0. The molecule has 0 saturated carbocycles. The zero-order valence-electron chi connectivity index (χ0n) is 13.3. The third-order valence-electron chi connectivity index (χ3n) is 4.47. The molecule has 0 spiro atoms. The molecule has 2 aromatic rings. The highest BCUT2D eigenvalue weighted by Gasteiger charge is 2.33. The van der Waals surface area contributed by atoms with E-state index < -0.39 is 5.97 Å². The van der Waals surface area contributed by atoms with E-state index in [9.17, 15) is 9.90 Å². The van der Waals surface area contributed by atoms with Crippen LogP contribution in [0.1, 0.15) is 46.6 Å². The molecule has 1 aliphatic rings. The lowest BCUT2D eigenvalue weighted by molar-refractivity contribution is 0.0696. The van der Waals surface area contributed by atoms with Crippen LogP contribution in [0.2, 0.25) is 0 Å². The Bertz CT molecular complexity index is 747. The van der Waals surface area contributed by atoms with Crippen molar-refractivity contribution in [3.8, 4) is 10.4 Å². The van der Waals surface area contributed by atoms with Gasteiger partial charge in [0.25, 0.3) is 0 Å². The molecular weight excluding hydrogens is 328 g/mol. The Balaban J connectivity index is 2.18. The fourth-order valence-electron chi connectivity index (χ4n) is 3.27. The van der Waals surface area contributed by atoms with Gasteiger partial charge in [0.15, 0.2) is 0 Å². The zero-order valence-corrected chi connectivity index (χ0v) is 15.0. The fraction of sp³-hybridized carbons (Fsp3) is 0.389. The molecule has 1 heterocycles. The number of hydrogen-bond acceptors (Lipinski definition) is 4. The van der Waals surface area contributed by atoms with Crippen LogP contribution >= 0.6 is 24.2 Å². The van der Waals surface area contributed by atoms with Crippen molar-refractivity contribution in [1.29, 1.82) is 0 Å². The molecule has 0 saturated heterocycles. The van der Waals surface area contributed by atoms with Crippen molar-refractivity contribution in [2.24, 2.45) is 5.41 Å². The number of benzene rings is 1. The van der Waals surface area contributed by atoms with Gasteiger partial charge in [-0.2, -0.15) is 0 Å². The molecule has 1 aliphatic carbocycles. The molecule has 0 aliphatic heterocycles. The van der Waals surface area contributed by atoms with Crippen LogP contribution in [0.4, 0.5) is 0 Å². The maximum Gasteiger partial charge on any atom is 0.337 e. The molecule has 0 atom stereocenters. The first-order chi connectivity index (χ1) is 10.9. The van der Waals surface area contributed by atoms with E-state index in [0.717, 1.165) is 40.8 Å². The van der Waals surface area contributed by atoms with E-state index in [-0.39, 0.29) is 5.41 Å². The van der Waals surface area contributed by atoms with Crippen LogP contribution in [0.5, 0.6) is 0 Å². The van der Waals surface area contributed by atoms with Crippen LogP contribution in [-0.4, -0.2) is 11.1 Å². The van der Waals surface area contributed by atoms with Gasteiger partial charge >= 0.3 is 5.97 Å². The van der Waals surface area contributed by atoms with E-state index in [1.54, 1.807) is 11.3 Å². The van der Waals surface area contributed by atoms with Gasteiger partial charge in [-0.25, -0.2) is 4.79 Å². The van der Waals surface area contributed by atoms with Crippen molar-refractivity contribution >= 4 is 30.2 Å². The molecule has 0 bridgehead atoms. The first-order valence-corrected chi connectivity index (χ1v) is 8.83. The van der Waals surface area contributed by atoms with Crippen molar-refractivity contribution in [2.75, 3.05) is 0 Å². The number of hydrogen-bond donors (Lipinski definition) is 2. The summed E-state index contributed by atoms with van der Waals surface area (Å²) >= 11 is 5.46. The van der Waals surface area contributed by atoms with Crippen molar-refractivity contribution < 1.29 is 14.1 Å². The Morgan fingerprint density at radius 1 is 1.39 bits per heavy atom. The summed E-state index contributed by atoms with van der Waals surface area (Å²) < 4.78 is 4.98. The van der Waals surface area contributed by atoms with Gasteiger partial charge in [0.2, 0.25) is 0 Å². The van der Waals surface area contributed by atoms with Crippen LogP contribution < -0.4 is 0 Å². The van der Waals surface area contributed by atoms with Crippen molar-refractivity contribution in [3.63, 3.8) is 0 Å². The molecule has 1 aromatic carbocycles. The lowest BCUT2D eigenvalue weighted by Gasteiger charge is -2.29. The minimum Gasteiger partial charge on any atom is -0.478 e. The number of fused-ring (bicyclic) bond motifs is 1. The van der Waals surface area contributed by atoms with Crippen molar-refractivity contribution in [3.05, 3.63) is 45.8 Å². The minimum absolute atomic E-state index is 0.156. The molecule has 0 amide bonds. The second-order valence-corrected chi connectivity index (χ2v) is 8.15. The van der Waals surface area contributed by atoms with Gasteiger partial charge in [0.1, 0.15) is 0 Å². The Hall–Kier alpha value is -1.30. The summed E-state index contributed by atoms with van der Waals surface area (Å²) in [5.74, 6) is -0.836. The third-order valence-corrected chi connectivity index (χ3v) is 5.92. The maximum absolute atomic E-state index is 12.0. The molecule has 3 nitrogen and oxygen atoms in total. The third kappa shape index (κ3) is 3.18. The van der Waals surface area contributed by atoms with Gasteiger partial charge < -0.3 is 9.29 Å². The standard InChI is InChI=1S/C18H20O3S2/c1-18(2)8-7-14-13(9-18)15(17(19)20)16(23-14)12-6-4-3-5-11(12)10-21-22/h3-6,22H,7-10H2,1-2H3,(H,19,20). The smallest absolute Gasteiger partial charge is 0.337 e. The van der Waals surface area contributed by atoms with E-state index in [1.165, 1.54) is 4.88 Å². The number of rotatable bonds is 4. The largest absolute Gasteiger partial charge is 0.478 e. The van der Waals surface area contributed by atoms with E-state index in [2.05, 4.69) is 26.8 Å². The lowest BCUT2D eigenvalue weighted by atomic mass is 9.76. The van der Waals surface area contributed by atoms with Crippen LogP contribution in [0.3, 0.4) is 0 Å². The predicted octanol–water partition coefficient (Wildman–Crippen LogP) is 4.99. The molecule has 5 heteroatoms. The SMILES string of the molecule is CC1(C)CCc2sc(-c3ccccc3COS)c(C(=O)O)c2C1.